The molecule has 0 aromatic rings. The fourth-order valence-electron chi connectivity index (χ4n) is 6.85. The first-order valence-corrected chi connectivity index (χ1v) is 14.4. The Morgan fingerprint density at radius 2 is 1.92 bits per heavy atom. The standard InChI is InChI=1S/C31H43NO7/c1-18-7-6-8-23-17-36-28-27(32-35)21(4)14-26(31(23,28)34)29(33)37-25-15-24(10-9-19(2)13-18)39-30(16-25)12-11-20(3)22(5)38-30/h6-9,14,18,20,22,24-26,28,34-35H,10-13,15-17H2,1-5H3. The molecule has 214 valence electrons. The zero-order chi connectivity index (χ0) is 27.9. The fraction of sp³-hybridized carbons (Fsp3) is 0.677. The van der Waals surface area contributed by atoms with Gasteiger partial charge >= 0.3 is 5.97 Å². The van der Waals surface area contributed by atoms with E-state index in [4.69, 9.17) is 18.9 Å². The van der Waals surface area contributed by atoms with Crippen molar-refractivity contribution in [1.29, 1.82) is 0 Å². The summed E-state index contributed by atoms with van der Waals surface area (Å²) in [4.78, 5) is 13.9. The van der Waals surface area contributed by atoms with Gasteiger partial charge in [-0.1, -0.05) is 55.0 Å². The van der Waals surface area contributed by atoms with Crippen LogP contribution in [0.4, 0.5) is 0 Å². The summed E-state index contributed by atoms with van der Waals surface area (Å²) in [6.45, 7) is 10.4. The summed E-state index contributed by atoms with van der Waals surface area (Å²) < 4.78 is 25.3. The molecule has 2 bridgehead atoms. The molecular formula is C31H43NO7. The third-order valence-electron chi connectivity index (χ3n) is 9.25. The second-order valence-electron chi connectivity index (χ2n) is 12.4. The van der Waals surface area contributed by atoms with E-state index in [-0.39, 0.29) is 30.4 Å². The van der Waals surface area contributed by atoms with Crippen molar-refractivity contribution in [2.45, 2.75) is 109 Å². The number of fused-ring (bicyclic) bond motifs is 2. The number of oxime groups is 1. The van der Waals surface area contributed by atoms with Gasteiger partial charge in [-0.25, -0.2) is 0 Å². The minimum atomic E-state index is -1.72. The SMILES string of the molecule is CC1=CCC2CC(CC3(CCC(C)C(C)O3)O2)OC(=O)C2C=C(C)C(=NO)C3OCC(=CC=CC(C)C1)C23O. The quantitative estimate of drug-likeness (QED) is 0.192. The molecule has 0 aromatic heterocycles. The minimum Gasteiger partial charge on any atom is -0.462 e. The van der Waals surface area contributed by atoms with Crippen LogP contribution >= 0.6 is 0 Å². The maximum atomic E-state index is 13.9. The van der Waals surface area contributed by atoms with E-state index >= 15 is 0 Å². The lowest BCUT2D eigenvalue weighted by Crippen LogP contribution is -2.57. The van der Waals surface area contributed by atoms with E-state index in [1.54, 1.807) is 13.0 Å². The van der Waals surface area contributed by atoms with Gasteiger partial charge in [-0.3, -0.25) is 4.79 Å². The van der Waals surface area contributed by atoms with Crippen molar-refractivity contribution in [1.82, 2.24) is 0 Å². The van der Waals surface area contributed by atoms with Crippen molar-refractivity contribution in [2.24, 2.45) is 22.9 Å². The molecule has 3 fully saturated rings. The highest BCUT2D eigenvalue weighted by Crippen LogP contribution is 2.46. The van der Waals surface area contributed by atoms with Crippen molar-refractivity contribution < 1.29 is 34.1 Å². The smallest absolute Gasteiger partial charge is 0.316 e. The highest BCUT2D eigenvalue weighted by molar-refractivity contribution is 6.06. The number of ether oxygens (including phenoxy) is 4. The number of carbonyl (C=O) groups is 1. The van der Waals surface area contributed by atoms with E-state index in [0.29, 0.717) is 36.3 Å². The number of aliphatic hydroxyl groups is 1. The van der Waals surface area contributed by atoms with Crippen molar-refractivity contribution >= 4 is 11.7 Å². The lowest BCUT2D eigenvalue weighted by molar-refractivity contribution is -0.332. The molecule has 4 heterocycles. The molecule has 39 heavy (non-hydrogen) atoms. The van der Waals surface area contributed by atoms with Gasteiger partial charge in [-0.2, -0.15) is 0 Å². The van der Waals surface area contributed by atoms with Crippen molar-refractivity contribution in [2.75, 3.05) is 6.61 Å². The molecule has 8 nitrogen and oxygen atoms in total. The van der Waals surface area contributed by atoms with Crippen molar-refractivity contribution in [3.8, 4) is 0 Å². The Morgan fingerprint density at radius 1 is 1.13 bits per heavy atom. The molecule has 5 aliphatic rings. The number of allylic oxidation sites excluding steroid dienone is 4. The van der Waals surface area contributed by atoms with Crippen molar-refractivity contribution in [3.05, 3.63) is 47.1 Å². The van der Waals surface area contributed by atoms with E-state index in [2.05, 4.69) is 45.0 Å². The maximum absolute atomic E-state index is 13.9. The number of rotatable bonds is 0. The average Bonchev–Trinajstić information content (AvgIpc) is 3.21. The summed E-state index contributed by atoms with van der Waals surface area (Å²) in [6.07, 6.45) is 12.6. The highest BCUT2D eigenvalue weighted by atomic mass is 16.7. The van der Waals surface area contributed by atoms with Crippen LogP contribution in [-0.2, 0) is 23.7 Å². The number of hydrogen-bond acceptors (Lipinski definition) is 8. The van der Waals surface area contributed by atoms with E-state index < -0.39 is 35.5 Å². The fourth-order valence-corrected chi connectivity index (χ4v) is 6.85. The second kappa shape index (κ2) is 11.0. The molecule has 9 atom stereocenters. The number of carbonyl (C=O) groups excluding carboxylic acids is 1. The number of hydrogen-bond donors (Lipinski definition) is 2. The lowest BCUT2D eigenvalue weighted by atomic mass is 9.71. The van der Waals surface area contributed by atoms with Crippen LogP contribution in [0, 0.1) is 17.8 Å². The molecule has 1 spiro atoms. The van der Waals surface area contributed by atoms with Crippen molar-refractivity contribution in [3.63, 3.8) is 0 Å². The summed E-state index contributed by atoms with van der Waals surface area (Å²) in [7, 11) is 0. The monoisotopic (exact) mass is 541 g/mol. The van der Waals surface area contributed by atoms with Gasteiger partial charge in [0.1, 0.15) is 29.4 Å². The topological polar surface area (TPSA) is 107 Å². The minimum absolute atomic E-state index is 0.0431. The van der Waals surface area contributed by atoms with Crippen LogP contribution in [0.1, 0.15) is 73.1 Å². The molecule has 5 rings (SSSR count). The molecular weight excluding hydrogens is 498 g/mol. The second-order valence-corrected chi connectivity index (χ2v) is 12.4. The summed E-state index contributed by atoms with van der Waals surface area (Å²) >= 11 is 0. The van der Waals surface area contributed by atoms with Gasteiger partial charge in [-0.05, 0) is 63.0 Å². The number of esters is 1. The summed E-state index contributed by atoms with van der Waals surface area (Å²) in [5.41, 5.74) is 0.916. The Bertz CT molecular complexity index is 1120. The molecule has 8 heteroatoms. The molecule has 0 amide bonds. The first-order chi connectivity index (χ1) is 18.5. The summed E-state index contributed by atoms with van der Waals surface area (Å²) in [6, 6.07) is 0. The molecule has 0 radical (unpaired) electrons. The number of nitrogens with zero attached hydrogens (tertiary/aromatic N) is 1. The van der Waals surface area contributed by atoms with Gasteiger partial charge in [0.25, 0.3) is 0 Å². The Morgan fingerprint density at radius 3 is 2.67 bits per heavy atom. The van der Waals surface area contributed by atoms with Crippen LogP contribution in [0.15, 0.2) is 52.3 Å². The molecule has 2 N–H and O–H groups in total. The predicted octanol–water partition coefficient (Wildman–Crippen LogP) is 5.00. The average molecular weight is 542 g/mol. The molecule has 0 saturated carbocycles. The molecule has 0 aromatic carbocycles. The summed E-state index contributed by atoms with van der Waals surface area (Å²) in [5.74, 6) is -1.62. The van der Waals surface area contributed by atoms with Crippen LogP contribution in [0.5, 0.6) is 0 Å². The zero-order valence-electron chi connectivity index (χ0n) is 23.8. The van der Waals surface area contributed by atoms with Gasteiger partial charge in [-0.15, -0.1) is 0 Å². The third-order valence-corrected chi connectivity index (χ3v) is 9.25. The summed E-state index contributed by atoms with van der Waals surface area (Å²) in [5, 5.41) is 25.2. The van der Waals surface area contributed by atoms with Gasteiger partial charge < -0.3 is 29.3 Å². The molecule has 1 aliphatic carbocycles. The van der Waals surface area contributed by atoms with E-state index in [0.717, 1.165) is 19.3 Å². The van der Waals surface area contributed by atoms with Crippen LogP contribution < -0.4 is 0 Å². The molecule has 3 saturated heterocycles. The highest BCUT2D eigenvalue weighted by Gasteiger charge is 2.59. The third kappa shape index (κ3) is 5.41. The maximum Gasteiger partial charge on any atom is 0.316 e. The van der Waals surface area contributed by atoms with Gasteiger partial charge in [0.2, 0.25) is 0 Å². The largest absolute Gasteiger partial charge is 0.462 e. The van der Waals surface area contributed by atoms with Crippen LogP contribution in [0.2, 0.25) is 0 Å². The van der Waals surface area contributed by atoms with Crippen LogP contribution in [0.25, 0.3) is 0 Å². The van der Waals surface area contributed by atoms with Crippen LogP contribution in [0.3, 0.4) is 0 Å². The van der Waals surface area contributed by atoms with Gasteiger partial charge in [0.15, 0.2) is 5.79 Å². The molecule has 4 aliphatic heterocycles. The van der Waals surface area contributed by atoms with Gasteiger partial charge in [0.05, 0.1) is 18.8 Å². The Hall–Kier alpha value is -2.26. The Kier molecular flexibility index (Phi) is 7.94. The lowest BCUT2D eigenvalue weighted by Gasteiger charge is -2.49. The first kappa shape index (κ1) is 28.3. The normalized spacial score (nSPS) is 44.4. The van der Waals surface area contributed by atoms with E-state index in [1.807, 2.05) is 12.2 Å². The Labute approximate surface area is 231 Å². The zero-order valence-corrected chi connectivity index (χ0v) is 23.8. The van der Waals surface area contributed by atoms with E-state index in [1.165, 1.54) is 5.57 Å². The predicted molar refractivity (Wildman–Crippen MR) is 146 cm³/mol. The molecule has 9 unspecified atom stereocenters. The van der Waals surface area contributed by atoms with E-state index in [9.17, 15) is 15.1 Å². The van der Waals surface area contributed by atoms with Gasteiger partial charge in [0, 0.05) is 19.3 Å². The van der Waals surface area contributed by atoms with Crippen LogP contribution in [-0.4, -0.2) is 64.4 Å². The first-order valence-electron chi connectivity index (χ1n) is 14.4. The Balaban J connectivity index is 1.53.